The highest BCUT2D eigenvalue weighted by Crippen LogP contribution is 2.41. The number of terminal acetylenes is 2. The van der Waals surface area contributed by atoms with Gasteiger partial charge in [0.1, 0.15) is 56.4 Å². The predicted octanol–water partition coefficient (Wildman–Crippen LogP) is 11.5. The number of nitrogens with two attached hydrogens (primary N) is 6. The molecule has 12 heterocycles. The van der Waals surface area contributed by atoms with Gasteiger partial charge in [-0.05, 0) is 120 Å². The van der Waals surface area contributed by atoms with E-state index in [0.717, 1.165) is 69.7 Å². The highest BCUT2D eigenvalue weighted by molar-refractivity contribution is 5.85. The number of nitrogens with zero attached hydrogens (tertiary/aromatic N) is 24. The fraction of sp³-hybridized carbons (Fsp3) is 0.528. The Labute approximate surface area is 595 Å². The van der Waals surface area contributed by atoms with E-state index >= 15 is 0 Å². The van der Waals surface area contributed by atoms with E-state index in [2.05, 4.69) is 226 Å². The number of imidazole rings is 6. The molecule has 0 aliphatic heterocycles. The van der Waals surface area contributed by atoms with Crippen molar-refractivity contribution < 1.29 is 0 Å². The van der Waals surface area contributed by atoms with Crippen LogP contribution in [0.3, 0.4) is 0 Å². The molecule has 30 heteroatoms. The van der Waals surface area contributed by atoms with Crippen molar-refractivity contribution in [3.05, 3.63) is 72.9 Å². The number of aromatic nitrogens is 24. The highest BCUT2D eigenvalue weighted by atomic mass is 15.2. The van der Waals surface area contributed by atoms with Crippen molar-refractivity contribution in [1.29, 1.82) is 0 Å². The fourth-order valence-electron chi connectivity index (χ4n) is 11.1. The lowest BCUT2D eigenvalue weighted by Crippen LogP contribution is -2.12. The molecule has 0 aromatic carbocycles. The van der Waals surface area contributed by atoms with Gasteiger partial charge in [0, 0.05) is 55.0 Å². The normalized spacial score (nSPS) is 14.8. The summed E-state index contributed by atoms with van der Waals surface area (Å²) in [6, 6.07) is 1.27. The Bertz CT molecular complexity index is 4780. The minimum atomic E-state index is 0.278. The van der Waals surface area contributed by atoms with Crippen LogP contribution in [0, 0.1) is 67.1 Å². The van der Waals surface area contributed by atoms with Crippen LogP contribution in [-0.4, -0.2) is 117 Å². The summed E-state index contributed by atoms with van der Waals surface area (Å²) in [6.07, 6.45) is 28.4. The van der Waals surface area contributed by atoms with E-state index in [-0.39, 0.29) is 12.1 Å². The Morgan fingerprint density at radius 1 is 0.333 bits per heavy atom. The van der Waals surface area contributed by atoms with Crippen LogP contribution in [0.2, 0.25) is 0 Å². The van der Waals surface area contributed by atoms with Crippen LogP contribution >= 0.6 is 0 Å². The SMILES string of the molecule is C#Cc1nc(N)c2ncn([C@@H](C)C(C)C)c2n1.C#Cc1nc(N)c2ncn([C@H](C)C(C)C)c2n1.CC(C)Cn1cnc2c(N)nc(C3CC3)nc21.CC(C)[C@@H](C)n1cnc2c(N)nc(C3CC3)nc21.CC(C)[C@H](C)n1cnc2c(N)nc(C3CC3)nc21.Cc1nc(N)c2ncn(CC(C)C)c2n1. The summed E-state index contributed by atoms with van der Waals surface area (Å²) in [7, 11) is 0. The molecule has 0 amide bonds. The smallest absolute Gasteiger partial charge is 0.208 e. The standard InChI is InChI=1S/2C13H19N5.C12H17N5.2C12H15N5.C10H15N5/c2*1-7(2)8(3)18-6-15-10-11(14)16-12(9-4-5-9)17-13(10)18;1-7(2)5-17-6-14-9-10(13)15-11(8-3-4-8)16-12(9)17;2*1-5-9-15-11(13)10-12(16-9)17(6-14-10)8(4)7(2)3;1-6(2)4-15-5-12-8-9(11)13-7(3)14-10(8)15/h2*6-9H,4-5H2,1-3H3,(H2,14,16,17);6-8H,3-5H2,1-2H3,(H2,13,15,16);2*1,6-8H,2-4H3,(H2,13,15,16);5-6H,4H2,1-3H3,(H2,11,13,14)/t2*8-;;2*8-;/m10.10./s1. The van der Waals surface area contributed by atoms with Crippen molar-refractivity contribution in [2.24, 2.45) is 35.5 Å². The molecule has 102 heavy (non-hydrogen) atoms. The Morgan fingerprint density at radius 3 is 0.853 bits per heavy atom. The lowest BCUT2D eigenvalue weighted by molar-refractivity contribution is 0.414. The van der Waals surface area contributed by atoms with Crippen LogP contribution in [-0.2, 0) is 13.1 Å². The molecule has 0 radical (unpaired) electrons. The van der Waals surface area contributed by atoms with Crippen LogP contribution in [0.25, 0.3) is 67.0 Å². The number of fused-ring (bicyclic) bond motifs is 6. The van der Waals surface area contributed by atoms with Gasteiger partial charge in [0.15, 0.2) is 68.8 Å². The van der Waals surface area contributed by atoms with E-state index in [1.807, 2.05) is 39.6 Å². The fourth-order valence-corrected chi connectivity index (χ4v) is 11.1. The molecular weight excluding hydrogens is 1290 g/mol. The predicted molar refractivity (Wildman–Crippen MR) is 403 cm³/mol. The maximum Gasteiger partial charge on any atom is 0.208 e. The minimum Gasteiger partial charge on any atom is -0.382 e. The van der Waals surface area contributed by atoms with E-state index < -0.39 is 0 Å². The summed E-state index contributed by atoms with van der Waals surface area (Å²) in [6.45, 7) is 38.3. The molecule has 0 spiro atoms. The summed E-state index contributed by atoms with van der Waals surface area (Å²) in [5.41, 5.74) is 44.3. The first-order chi connectivity index (χ1) is 48.5. The first kappa shape index (κ1) is 73.9. The number of hydrogen-bond acceptors (Lipinski definition) is 24. The van der Waals surface area contributed by atoms with Gasteiger partial charge in [-0.2, -0.15) is 0 Å². The lowest BCUT2D eigenvalue weighted by Gasteiger charge is -2.17. The van der Waals surface area contributed by atoms with Gasteiger partial charge in [0.2, 0.25) is 11.6 Å². The second-order valence-electron chi connectivity index (χ2n) is 29.2. The summed E-state index contributed by atoms with van der Waals surface area (Å²) in [5, 5.41) is 0. The first-order valence-corrected chi connectivity index (χ1v) is 35.3. The van der Waals surface area contributed by atoms with Crippen molar-refractivity contribution in [3.8, 4) is 24.7 Å². The molecule has 12 aromatic heterocycles. The first-order valence-electron chi connectivity index (χ1n) is 35.3. The topological polar surface area (TPSA) is 418 Å². The van der Waals surface area contributed by atoms with Gasteiger partial charge < -0.3 is 61.8 Å². The van der Waals surface area contributed by atoms with Crippen LogP contribution in [0.1, 0.15) is 226 Å². The van der Waals surface area contributed by atoms with Crippen molar-refractivity contribution in [1.82, 2.24) is 117 Å². The second-order valence-corrected chi connectivity index (χ2v) is 29.2. The summed E-state index contributed by atoms with van der Waals surface area (Å²) >= 11 is 0. The number of hydrogen-bond donors (Lipinski definition) is 6. The number of anilines is 6. The van der Waals surface area contributed by atoms with Gasteiger partial charge in [0.25, 0.3) is 0 Å². The van der Waals surface area contributed by atoms with Crippen molar-refractivity contribution in [3.63, 3.8) is 0 Å². The Morgan fingerprint density at radius 2 is 0.578 bits per heavy atom. The molecule has 30 nitrogen and oxygen atoms in total. The number of rotatable bonds is 15. The molecule has 3 aliphatic carbocycles. The molecule has 4 atom stereocenters. The minimum absolute atomic E-state index is 0.278. The zero-order valence-corrected chi connectivity index (χ0v) is 62.0. The van der Waals surface area contributed by atoms with Crippen molar-refractivity contribution >= 4 is 102 Å². The molecule has 0 saturated heterocycles. The maximum atomic E-state index is 5.99. The Balaban J connectivity index is 0.000000132. The summed E-state index contributed by atoms with van der Waals surface area (Å²) in [5.74, 6) is 16.1. The molecule has 538 valence electrons. The third-order valence-electron chi connectivity index (χ3n) is 18.8. The van der Waals surface area contributed by atoms with E-state index in [1.54, 1.807) is 19.0 Å². The summed E-state index contributed by atoms with van der Waals surface area (Å²) in [4.78, 5) is 77.8. The quantitative estimate of drug-likeness (QED) is 0.0519. The molecule has 0 bridgehead atoms. The van der Waals surface area contributed by atoms with Crippen molar-refractivity contribution in [2.75, 3.05) is 34.4 Å². The number of aryl methyl sites for hydroxylation is 1. The van der Waals surface area contributed by atoms with Crippen molar-refractivity contribution in [2.45, 2.75) is 211 Å². The van der Waals surface area contributed by atoms with Gasteiger partial charge in [-0.1, -0.05) is 83.1 Å². The van der Waals surface area contributed by atoms with E-state index in [4.69, 9.17) is 47.2 Å². The molecule has 15 rings (SSSR count). The molecule has 0 unspecified atom stereocenters. The molecule has 3 saturated carbocycles. The Kier molecular flexibility index (Phi) is 22.5. The Hall–Kier alpha value is -10.8. The maximum absolute atomic E-state index is 5.99. The summed E-state index contributed by atoms with van der Waals surface area (Å²) < 4.78 is 12.3. The lowest BCUT2D eigenvalue weighted by atomic mass is 10.1. The van der Waals surface area contributed by atoms with Gasteiger partial charge in [0.05, 0.1) is 38.0 Å². The molecule has 3 aliphatic rings. The van der Waals surface area contributed by atoms with E-state index in [1.165, 1.54) is 38.5 Å². The average molecular weight is 1390 g/mol. The van der Waals surface area contributed by atoms with E-state index in [9.17, 15) is 0 Å². The van der Waals surface area contributed by atoms with Crippen LogP contribution in [0.15, 0.2) is 38.0 Å². The zero-order chi connectivity index (χ0) is 73.9. The number of nitrogen functional groups attached to an aromatic ring is 6. The zero-order valence-electron chi connectivity index (χ0n) is 62.0. The van der Waals surface area contributed by atoms with Gasteiger partial charge in [-0.25, -0.2) is 89.7 Å². The van der Waals surface area contributed by atoms with Crippen LogP contribution < -0.4 is 34.4 Å². The third-order valence-corrected chi connectivity index (χ3v) is 18.8. The average Bonchev–Trinajstić information content (AvgIpc) is 1.74. The van der Waals surface area contributed by atoms with Gasteiger partial charge in [-0.15, -0.1) is 12.8 Å². The molecular formula is C72H100N30. The third kappa shape index (κ3) is 16.6. The van der Waals surface area contributed by atoms with Crippen LogP contribution in [0.4, 0.5) is 34.9 Å². The van der Waals surface area contributed by atoms with E-state index in [0.29, 0.717) is 146 Å². The van der Waals surface area contributed by atoms with Crippen LogP contribution in [0.5, 0.6) is 0 Å². The van der Waals surface area contributed by atoms with Gasteiger partial charge in [-0.3, -0.25) is 0 Å². The monoisotopic (exact) mass is 1380 g/mol. The molecule has 3 fully saturated rings. The molecule has 12 N–H and O–H groups in total. The van der Waals surface area contributed by atoms with Gasteiger partial charge >= 0.3 is 0 Å². The molecule has 12 aromatic rings. The second kappa shape index (κ2) is 31.0. The largest absolute Gasteiger partial charge is 0.382 e. The highest BCUT2D eigenvalue weighted by Gasteiger charge is 2.31.